The lowest BCUT2D eigenvalue weighted by atomic mass is 10.1. The van der Waals surface area contributed by atoms with Crippen LogP contribution in [0.25, 0.3) is 0 Å². The number of carbonyl (C=O) groups is 5. The van der Waals surface area contributed by atoms with Crippen LogP contribution in [0.15, 0.2) is 78.9 Å². The highest BCUT2D eigenvalue weighted by Crippen LogP contribution is 2.15. The van der Waals surface area contributed by atoms with Gasteiger partial charge in [-0.25, -0.2) is 14.4 Å². The van der Waals surface area contributed by atoms with Gasteiger partial charge in [0.25, 0.3) is 0 Å². The molecule has 234 valence electrons. The number of aliphatic carboxylic acids is 1. The van der Waals surface area contributed by atoms with Gasteiger partial charge in [-0.05, 0) is 41.0 Å². The second-order valence-electron chi connectivity index (χ2n) is 9.54. The maximum absolute atomic E-state index is 11.9. The highest BCUT2D eigenvalue weighted by molar-refractivity contribution is 5.83. The number of phenols is 1. The summed E-state index contributed by atoms with van der Waals surface area (Å²) in [5.74, 6) is -2.33. The third-order valence-electron chi connectivity index (χ3n) is 5.84. The molecule has 2 unspecified atom stereocenters. The topological polar surface area (TPSA) is 178 Å². The smallest absolute Gasteiger partial charge is 0.337 e. The molecule has 0 saturated heterocycles. The van der Waals surface area contributed by atoms with E-state index >= 15 is 0 Å². The van der Waals surface area contributed by atoms with Crippen LogP contribution in [0.3, 0.4) is 0 Å². The first kappa shape index (κ1) is 35.0. The minimum absolute atomic E-state index is 0.121. The van der Waals surface area contributed by atoms with E-state index in [2.05, 4.69) is 10.6 Å². The predicted octanol–water partition coefficient (Wildman–Crippen LogP) is 2.55. The zero-order valence-electron chi connectivity index (χ0n) is 24.6. The van der Waals surface area contributed by atoms with E-state index in [1.54, 1.807) is 36.4 Å². The maximum atomic E-state index is 11.9. The maximum Gasteiger partial charge on any atom is 0.337 e. The first-order chi connectivity index (χ1) is 21.0. The molecule has 12 heteroatoms. The van der Waals surface area contributed by atoms with Gasteiger partial charge in [-0.15, -0.1) is 0 Å². The van der Waals surface area contributed by atoms with Crippen LogP contribution in [0.1, 0.15) is 30.5 Å². The monoisotopic (exact) mass is 608 g/mol. The molecule has 2 atom stereocenters. The first-order valence-corrected chi connectivity index (χ1v) is 13.5. The number of aromatic hydroxyl groups is 1. The third-order valence-corrected chi connectivity index (χ3v) is 5.84. The number of hydrogen-bond donors (Lipinski definition) is 4. The summed E-state index contributed by atoms with van der Waals surface area (Å²) in [5, 5.41) is 22.8. The molecule has 0 aromatic heterocycles. The molecular formula is C32H36N2O10. The van der Waals surface area contributed by atoms with Crippen LogP contribution < -0.4 is 15.4 Å². The Morgan fingerprint density at radius 2 is 1.25 bits per heavy atom. The van der Waals surface area contributed by atoms with E-state index in [-0.39, 0.29) is 37.0 Å². The summed E-state index contributed by atoms with van der Waals surface area (Å²) < 4.78 is 15.3. The molecule has 44 heavy (non-hydrogen) atoms. The number of nitrogens with one attached hydrogen (secondary N) is 2. The van der Waals surface area contributed by atoms with Gasteiger partial charge in [0.15, 0.2) is 0 Å². The molecule has 0 aliphatic heterocycles. The largest absolute Gasteiger partial charge is 0.508 e. The number of rotatable bonds is 13. The van der Waals surface area contributed by atoms with E-state index in [1.807, 2.05) is 30.3 Å². The fourth-order valence-electron chi connectivity index (χ4n) is 3.81. The van der Waals surface area contributed by atoms with Crippen molar-refractivity contribution in [3.8, 4) is 11.5 Å². The summed E-state index contributed by atoms with van der Waals surface area (Å²) in [6.07, 6.45) is 0.454. The van der Waals surface area contributed by atoms with Crippen molar-refractivity contribution < 1.29 is 48.4 Å². The number of ether oxygens (including phenoxy) is 3. The van der Waals surface area contributed by atoms with Crippen LogP contribution in [0.4, 0.5) is 0 Å². The molecule has 0 heterocycles. The average molecular weight is 609 g/mol. The van der Waals surface area contributed by atoms with E-state index in [0.29, 0.717) is 12.4 Å². The fraction of sp³-hybridized carbons (Fsp3) is 0.281. The van der Waals surface area contributed by atoms with Crippen LogP contribution in [0.2, 0.25) is 0 Å². The minimum Gasteiger partial charge on any atom is -0.508 e. The molecule has 4 N–H and O–H groups in total. The normalized spacial score (nSPS) is 11.5. The van der Waals surface area contributed by atoms with Gasteiger partial charge >= 0.3 is 17.9 Å². The van der Waals surface area contributed by atoms with Crippen LogP contribution >= 0.6 is 0 Å². The first-order valence-electron chi connectivity index (χ1n) is 13.5. The third kappa shape index (κ3) is 13.6. The van der Waals surface area contributed by atoms with Crippen molar-refractivity contribution in [2.24, 2.45) is 0 Å². The van der Waals surface area contributed by atoms with Crippen molar-refractivity contribution in [3.63, 3.8) is 0 Å². The minimum atomic E-state index is -1.08. The van der Waals surface area contributed by atoms with Gasteiger partial charge in [0.2, 0.25) is 11.8 Å². The van der Waals surface area contributed by atoms with Gasteiger partial charge in [0.1, 0.15) is 30.2 Å². The van der Waals surface area contributed by atoms with Crippen LogP contribution in [0.5, 0.6) is 11.5 Å². The Hall–Kier alpha value is -5.23. The Bertz CT molecular complexity index is 1380. The molecule has 0 saturated carbocycles. The molecule has 0 bridgehead atoms. The molecule has 0 radical (unpaired) electrons. The summed E-state index contributed by atoms with van der Waals surface area (Å²) in [6, 6.07) is 20.7. The number of phenolic OH excluding ortho intramolecular Hbond substituents is 1. The van der Waals surface area contributed by atoms with E-state index in [0.717, 1.165) is 16.7 Å². The lowest BCUT2D eigenvalue weighted by Gasteiger charge is -2.15. The molecular weight excluding hydrogens is 572 g/mol. The molecule has 2 amide bonds. The molecule has 0 fully saturated rings. The number of carboxylic acid groups (broad SMARTS) is 1. The average Bonchev–Trinajstić information content (AvgIpc) is 2.98. The molecule has 3 aromatic carbocycles. The van der Waals surface area contributed by atoms with Crippen molar-refractivity contribution in [1.29, 1.82) is 0 Å². The quantitative estimate of drug-likeness (QED) is 0.167. The van der Waals surface area contributed by atoms with E-state index in [1.165, 1.54) is 33.1 Å². The zero-order valence-corrected chi connectivity index (χ0v) is 24.6. The highest BCUT2D eigenvalue weighted by Gasteiger charge is 2.21. The Balaban J connectivity index is 0.000000358. The second kappa shape index (κ2) is 18.3. The summed E-state index contributed by atoms with van der Waals surface area (Å²) in [5.41, 5.74) is 2.49. The summed E-state index contributed by atoms with van der Waals surface area (Å²) in [6.45, 7) is 2.77. The summed E-state index contributed by atoms with van der Waals surface area (Å²) >= 11 is 0. The van der Waals surface area contributed by atoms with Crippen molar-refractivity contribution in [3.05, 3.63) is 95.6 Å². The Morgan fingerprint density at radius 3 is 1.77 bits per heavy atom. The van der Waals surface area contributed by atoms with Gasteiger partial charge in [0.05, 0.1) is 13.7 Å². The predicted molar refractivity (Wildman–Crippen MR) is 159 cm³/mol. The standard InChI is InChI=1S/C21H23NO6.C11H13NO4/c1-15(23)22-19(21(25)26-2)12-16-8-10-18(11-9-16)28-20(24)14-27-13-17-6-4-3-5-7-17;1-7(13)12-10(11(15)16)6-8-2-4-9(14)5-3-8/h3-11,19H,12-14H2,1-2H3,(H,22,23);2-5,10,14H,6H2,1H3,(H,12,13)(H,15,16). The van der Waals surface area contributed by atoms with E-state index < -0.39 is 30.0 Å². The Labute approximate surface area is 254 Å². The SMILES string of the molecule is CC(=O)NC(Cc1ccc(O)cc1)C(=O)O.COC(=O)C(Cc1ccc(OC(=O)COCc2ccccc2)cc1)NC(C)=O. The van der Waals surface area contributed by atoms with Crippen molar-refractivity contribution in [2.45, 2.75) is 45.4 Å². The van der Waals surface area contributed by atoms with Crippen LogP contribution in [0, 0.1) is 0 Å². The molecule has 0 aliphatic carbocycles. The zero-order chi connectivity index (χ0) is 32.5. The van der Waals surface area contributed by atoms with Crippen molar-refractivity contribution in [1.82, 2.24) is 10.6 Å². The van der Waals surface area contributed by atoms with E-state index in [4.69, 9.17) is 24.4 Å². The lowest BCUT2D eigenvalue weighted by Crippen LogP contribution is -2.41. The van der Waals surface area contributed by atoms with Gasteiger partial charge < -0.3 is 35.1 Å². The number of hydrogen-bond acceptors (Lipinski definition) is 9. The van der Waals surface area contributed by atoms with Crippen molar-refractivity contribution in [2.75, 3.05) is 13.7 Å². The lowest BCUT2D eigenvalue weighted by molar-refractivity contribution is -0.144. The molecule has 0 spiro atoms. The molecule has 12 nitrogen and oxygen atoms in total. The fourth-order valence-corrected chi connectivity index (χ4v) is 3.81. The van der Waals surface area contributed by atoms with Gasteiger partial charge in [-0.2, -0.15) is 0 Å². The van der Waals surface area contributed by atoms with Gasteiger partial charge in [-0.3, -0.25) is 9.59 Å². The molecule has 3 aromatic rings. The number of amides is 2. The van der Waals surface area contributed by atoms with Gasteiger partial charge in [-0.1, -0.05) is 54.6 Å². The van der Waals surface area contributed by atoms with E-state index in [9.17, 15) is 24.0 Å². The number of carbonyl (C=O) groups excluding carboxylic acids is 4. The Kier molecular flexibility index (Phi) is 14.6. The summed E-state index contributed by atoms with van der Waals surface area (Å²) in [4.78, 5) is 56.5. The number of methoxy groups -OCH3 is 1. The number of carboxylic acids is 1. The molecule has 3 rings (SSSR count). The van der Waals surface area contributed by atoms with Crippen LogP contribution in [-0.4, -0.2) is 65.7 Å². The van der Waals surface area contributed by atoms with Crippen molar-refractivity contribution >= 4 is 29.7 Å². The highest BCUT2D eigenvalue weighted by atomic mass is 16.6. The molecule has 0 aliphatic rings. The summed E-state index contributed by atoms with van der Waals surface area (Å²) in [7, 11) is 1.26. The second-order valence-corrected chi connectivity index (χ2v) is 9.54. The number of benzene rings is 3. The Morgan fingerprint density at radius 1 is 0.727 bits per heavy atom. The van der Waals surface area contributed by atoms with Gasteiger partial charge in [0, 0.05) is 26.7 Å². The van der Waals surface area contributed by atoms with Crippen LogP contribution in [-0.2, 0) is 52.9 Å². The number of esters is 2.